The van der Waals surface area contributed by atoms with Crippen LogP contribution in [0.25, 0.3) is 0 Å². The minimum Gasteiger partial charge on any atom is -0.331 e. The van der Waals surface area contributed by atoms with E-state index in [0.717, 1.165) is 24.2 Å². The molecule has 0 bridgehead atoms. The van der Waals surface area contributed by atoms with E-state index in [1.54, 1.807) is 0 Å². The smallest absolute Gasteiger partial charge is 0.254 e. The summed E-state index contributed by atoms with van der Waals surface area (Å²) < 4.78 is 0. The van der Waals surface area contributed by atoms with Crippen LogP contribution in [0.3, 0.4) is 0 Å². The van der Waals surface area contributed by atoms with Crippen LogP contribution in [0.1, 0.15) is 43.6 Å². The largest absolute Gasteiger partial charge is 0.331 e. The lowest BCUT2D eigenvalue weighted by Gasteiger charge is -2.47. The summed E-state index contributed by atoms with van der Waals surface area (Å²) >= 11 is 0. The van der Waals surface area contributed by atoms with Crippen LogP contribution in [-0.2, 0) is 0 Å². The van der Waals surface area contributed by atoms with E-state index in [2.05, 4.69) is 33.0 Å². The predicted molar refractivity (Wildman–Crippen MR) is 82.9 cm³/mol. The number of rotatable bonds is 2. The molecule has 0 saturated carbocycles. The van der Waals surface area contributed by atoms with Crippen molar-refractivity contribution in [2.24, 2.45) is 5.92 Å². The summed E-state index contributed by atoms with van der Waals surface area (Å²) in [5.74, 6) is 0.679. The molecule has 0 aromatic heterocycles. The average Bonchev–Trinajstić information content (AvgIpc) is 2.38. The molecule has 1 unspecified atom stereocenters. The quantitative estimate of drug-likeness (QED) is 0.899. The van der Waals surface area contributed by atoms with E-state index < -0.39 is 0 Å². The van der Waals surface area contributed by atoms with Crippen molar-refractivity contribution in [1.82, 2.24) is 10.2 Å². The van der Waals surface area contributed by atoms with Crippen LogP contribution in [0.15, 0.2) is 24.3 Å². The lowest BCUT2D eigenvalue weighted by molar-refractivity contribution is 0.0353. The molecule has 20 heavy (non-hydrogen) atoms. The van der Waals surface area contributed by atoms with E-state index in [1.807, 2.05) is 36.1 Å². The predicted octanol–water partition coefficient (Wildman–Crippen LogP) is 2.84. The number of nitrogens with one attached hydrogen (secondary N) is 1. The molecule has 0 spiro atoms. The second-order valence-electron chi connectivity index (χ2n) is 6.77. The monoisotopic (exact) mass is 274 g/mol. The normalized spacial score (nSPS) is 22.1. The number of piperazine rings is 1. The van der Waals surface area contributed by atoms with Gasteiger partial charge in [-0.3, -0.25) is 4.79 Å². The van der Waals surface area contributed by atoms with Gasteiger partial charge in [-0.1, -0.05) is 32.0 Å². The molecular formula is C17H26N2O. The van der Waals surface area contributed by atoms with Crippen LogP contribution in [0, 0.1) is 12.8 Å². The fourth-order valence-corrected chi connectivity index (χ4v) is 2.75. The molecule has 1 heterocycles. The Morgan fingerprint density at radius 2 is 2.00 bits per heavy atom. The Morgan fingerprint density at radius 1 is 1.35 bits per heavy atom. The number of carbonyl (C=O) groups is 1. The Bertz CT molecular complexity index is 494. The first-order valence-corrected chi connectivity index (χ1v) is 7.44. The van der Waals surface area contributed by atoms with Gasteiger partial charge in [0, 0.05) is 24.7 Å². The number of hydrogen-bond donors (Lipinski definition) is 1. The van der Waals surface area contributed by atoms with Crippen molar-refractivity contribution in [1.29, 1.82) is 0 Å². The van der Waals surface area contributed by atoms with Crippen molar-refractivity contribution in [3.05, 3.63) is 35.4 Å². The van der Waals surface area contributed by atoms with Crippen LogP contribution in [0.2, 0.25) is 0 Å². The number of benzene rings is 1. The Kier molecular flexibility index (Phi) is 4.19. The minimum absolute atomic E-state index is 0.148. The molecule has 1 fully saturated rings. The topological polar surface area (TPSA) is 32.3 Å². The zero-order chi connectivity index (χ0) is 14.9. The van der Waals surface area contributed by atoms with E-state index in [1.165, 1.54) is 0 Å². The molecule has 3 nitrogen and oxygen atoms in total. The van der Waals surface area contributed by atoms with Gasteiger partial charge in [0.2, 0.25) is 0 Å². The molecule has 3 heteroatoms. The Hall–Kier alpha value is -1.35. The van der Waals surface area contributed by atoms with Crippen molar-refractivity contribution in [2.75, 3.05) is 13.1 Å². The highest BCUT2D eigenvalue weighted by atomic mass is 16.2. The highest BCUT2D eigenvalue weighted by Gasteiger charge is 2.38. The maximum Gasteiger partial charge on any atom is 0.254 e. The summed E-state index contributed by atoms with van der Waals surface area (Å²) in [4.78, 5) is 14.9. The van der Waals surface area contributed by atoms with Gasteiger partial charge in [0.25, 0.3) is 5.91 Å². The van der Waals surface area contributed by atoms with E-state index >= 15 is 0 Å². The van der Waals surface area contributed by atoms with E-state index in [4.69, 9.17) is 0 Å². The highest BCUT2D eigenvalue weighted by molar-refractivity contribution is 5.96. The van der Waals surface area contributed by atoms with Gasteiger partial charge in [-0.15, -0.1) is 0 Å². The molecule has 1 aromatic carbocycles. The standard InChI is InChI=1S/C17H26N2O/c1-12(2)15-10-19(17(4,5)11-18-15)16(20)14-9-7-6-8-13(14)3/h6-9,12,15,18H,10-11H2,1-5H3. The van der Waals surface area contributed by atoms with Crippen LogP contribution in [-0.4, -0.2) is 35.5 Å². The molecule has 0 radical (unpaired) electrons. The number of carbonyl (C=O) groups excluding carboxylic acids is 1. The Morgan fingerprint density at radius 3 is 2.60 bits per heavy atom. The maximum atomic E-state index is 12.9. The van der Waals surface area contributed by atoms with Gasteiger partial charge in [0.05, 0.1) is 5.54 Å². The zero-order valence-electron chi connectivity index (χ0n) is 13.2. The first-order valence-electron chi connectivity index (χ1n) is 7.44. The molecular weight excluding hydrogens is 248 g/mol. The molecule has 0 aliphatic carbocycles. The van der Waals surface area contributed by atoms with E-state index in [0.29, 0.717) is 12.0 Å². The van der Waals surface area contributed by atoms with Crippen LogP contribution >= 0.6 is 0 Å². The maximum absolute atomic E-state index is 12.9. The van der Waals surface area contributed by atoms with Gasteiger partial charge >= 0.3 is 0 Å². The summed E-state index contributed by atoms with van der Waals surface area (Å²) in [6.45, 7) is 12.3. The lowest BCUT2D eigenvalue weighted by atomic mass is 9.91. The first kappa shape index (κ1) is 15.0. The van der Waals surface area contributed by atoms with Crippen molar-refractivity contribution in [3.63, 3.8) is 0 Å². The molecule has 1 saturated heterocycles. The summed E-state index contributed by atoms with van der Waals surface area (Å²) in [7, 11) is 0. The molecule has 1 atom stereocenters. The number of hydrogen-bond acceptors (Lipinski definition) is 2. The minimum atomic E-state index is -0.148. The van der Waals surface area contributed by atoms with Gasteiger partial charge in [-0.2, -0.15) is 0 Å². The summed E-state index contributed by atoms with van der Waals surface area (Å²) in [6, 6.07) is 8.22. The summed E-state index contributed by atoms with van der Waals surface area (Å²) in [6.07, 6.45) is 0. The van der Waals surface area contributed by atoms with Gasteiger partial charge < -0.3 is 10.2 Å². The summed E-state index contributed by atoms with van der Waals surface area (Å²) in [5.41, 5.74) is 1.73. The van der Waals surface area contributed by atoms with Crippen molar-refractivity contribution >= 4 is 5.91 Å². The third-order valence-corrected chi connectivity index (χ3v) is 4.33. The number of aryl methyl sites for hydroxylation is 1. The lowest BCUT2D eigenvalue weighted by Crippen LogP contribution is -2.64. The molecule has 1 N–H and O–H groups in total. The molecule has 1 aliphatic rings. The number of amides is 1. The molecule has 1 aliphatic heterocycles. The highest BCUT2D eigenvalue weighted by Crippen LogP contribution is 2.24. The molecule has 1 aromatic rings. The fourth-order valence-electron chi connectivity index (χ4n) is 2.75. The van der Waals surface area contributed by atoms with E-state index in [-0.39, 0.29) is 11.4 Å². The van der Waals surface area contributed by atoms with Gasteiger partial charge in [-0.05, 0) is 38.3 Å². The van der Waals surface area contributed by atoms with E-state index in [9.17, 15) is 4.79 Å². The van der Waals surface area contributed by atoms with Crippen molar-refractivity contribution in [3.8, 4) is 0 Å². The Balaban J connectivity index is 2.28. The van der Waals surface area contributed by atoms with Crippen molar-refractivity contribution in [2.45, 2.75) is 46.2 Å². The van der Waals surface area contributed by atoms with Crippen LogP contribution < -0.4 is 5.32 Å². The molecule has 1 amide bonds. The third-order valence-electron chi connectivity index (χ3n) is 4.33. The van der Waals surface area contributed by atoms with Crippen LogP contribution in [0.4, 0.5) is 0 Å². The Labute approximate surface area is 122 Å². The SMILES string of the molecule is Cc1ccccc1C(=O)N1CC(C(C)C)NCC1(C)C. The first-order chi connectivity index (χ1) is 9.33. The second-order valence-corrected chi connectivity index (χ2v) is 6.77. The third kappa shape index (κ3) is 2.88. The molecule has 110 valence electrons. The zero-order valence-corrected chi connectivity index (χ0v) is 13.2. The van der Waals surface area contributed by atoms with Gasteiger partial charge in [0.1, 0.15) is 0 Å². The second kappa shape index (κ2) is 5.57. The van der Waals surface area contributed by atoms with Gasteiger partial charge in [-0.25, -0.2) is 0 Å². The fraction of sp³-hybridized carbons (Fsp3) is 0.588. The number of nitrogens with zero attached hydrogens (tertiary/aromatic N) is 1. The van der Waals surface area contributed by atoms with Crippen molar-refractivity contribution < 1.29 is 4.79 Å². The average molecular weight is 274 g/mol. The molecule has 2 rings (SSSR count). The summed E-state index contributed by atoms with van der Waals surface area (Å²) in [5, 5.41) is 3.57. The van der Waals surface area contributed by atoms with Gasteiger partial charge in [0.15, 0.2) is 0 Å². The van der Waals surface area contributed by atoms with Crippen LogP contribution in [0.5, 0.6) is 0 Å².